The zero-order chi connectivity index (χ0) is 14.0. The molecule has 18 heavy (non-hydrogen) atoms. The Labute approximate surface area is 109 Å². The van der Waals surface area contributed by atoms with E-state index in [-0.39, 0.29) is 23.9 Å². The van der Waals surface area contributed by atoms with Crippen LogP contribution < -0.4 is 5.32 Å². The minimum atomic E-state index is -2.91. The average molecular weight is 277 g/mol. The molecule has 0 aromatic carbocycles. The van der Waals surface area contributed by atoms with Gasteiger partial charge in [-0.05, 0) is 34.1 Å². The van der Waals surface area contributed by atoms with Gasteiger partial charge in [-0.2, -0.15) is 0 Å². The Morgan fingerprint density at radius 3 is 2.44 bits per heavy atom. The maximum absolute atomic E-state index is 11.5. The molecule has 1 N–H and O–H groups in total. The molecule has 0 bridgehead atoms. The molecule has 1 heterocycles. The Morgan fingerprint density at radius 2 is 2.00 bits per heavy atom. The summed E-state index contributed by atoms with van der Waals surface area (Å²) in [6.07, 6.45) is 0.858. The zero-order valence-electron chi connectivity index (χ0n) is 11.6. The molecular formula is C12H23NO4S. The van der Waals surface area contributed by atoms with Gasteiger partial charge >= 0.3 is 5.97 Å². The van der Waals surface area contributed by atoms with Crippen molar-refractivity contribution in [2.75, 3.05) is 18.1 Å². The topological polar surface area (TPSA) is 72.5 Å². The molecule has 0 saturated carbocycles. The first-order valence-corrected chi connectivity index (χ1v) is 8.01. The summed E-state index contributed by atoms with van der Waals surface area (Å²) >= 11 is 0. The second-order valence-corrected chi connectivity index (χ2v) is 8.35. The molecule has 6 heteroatoms. The molecule has 1 unspecified atom stereocenters. The van der Waals surface area contributed by atoms with Crippen molar-refractivity contribution in [3.05, 3.63) is 0 Å². The number of rotatable bonds is 4. The quantitative estimate of drug-likeness (QED) is 0.772. The van der Waals surface area contributed by atoms with Gasteiger partial charge in [0.15, 0.2) is 9.84 Å². The molecule has 1 aliphatic rings. The van der Waals surface area contributed by atoms with E-state index >= 15 is 0 Å². The van der Waals surface area contributed by atoms with E-state index in [1.807, 2.05) is 27.7 Å². The van der Waals surface area contributed by atoms with Crippen LogP contribution in [-0.4, -0.2) is 43.6 Å². The molecule has 1 atom stereocenters. The van der Waals surface area contributed by atoms with E-state index in [1.165, 1.54) is 0 Å². The van der Waals surface area contributed by atoms with Crippen molar-refractivity contribution < 1.29 is 17.9 Å². The van der Waals surface area contributed by atoms with E-state index in [0.29, 0.717) is 13.0 Å². The van der Waals surface area contributed by atoms with Crippen LogP contribution in [0.3, 0.4) is 0 Å². The van der Waals surface area contributed by atoms with Crippen molar-refractivity contribution in [1.29, 1.82) is 0 Å². The lowest BCUT2D eigenvalue weighted by Crippen LogP contribution is -2.44. The van der Waals surface area contributed by atoms with E-state index in [1.54, 1.807) is 0 Å². The van der Waals surface area contributed by atoms with Gasteiger partial charge in [-0.15, -0.1) is 0 Å². The Kier molecular flexibility index (Phi) is 4.43. The number of carbonyl (C=O) groups is 1. The van der Waals surface area contributed by atoms with E-state index in [0.717, 1.165) is 0 Å². The summed E-state index contributed by atoms with van der Waals surface area (Å²) in [6.45, 7) is 7.79. The number of sulfone groups is 1. The highest BCUT2D eigenvalue weighted by Crippen LogP contribution is 2.22. The fraction of sp³-hybridized carbons (Fsp3) is 0.917. The van der Waals surface area contributed by atoms with Crippen LogP contribution in [0.1, 0.15) is 40.5 Å². The summed E-state index contributed by atoms with van der Waals surface area (Å²) < 4.78 is 28.0. The van der Waals surface area contributed by atoms with Crippen molar-refractivity contribution in [2.24, 2.45) is 0 Å². The van der Waals surface area contributed by atoms with Gasteiger partial charge in [-0.25, -0.2) is 8.42 Å². The van der Waals surface area contributed by atoms with Gasteiger partial charge in [0, 0.05) is 12.1 Å². The van der Waals surface area contributed by atoms with Crippen LogP contribution in [-0.2, 0) is 19.4 Å². The zero-order valence-corrected chi connectivity index (χ0v) is 12.4. The van der Waals surface area contributed by atoms with Gasteiger partial charge in [0.05, 0.1) is 17.9 Å². The number of nitrogens with one attached hydrogen (secondary N) is 1. The normalized spacial score (nSPS) is 27.1. The minimum absolute atomic E-state index is 0.147. The molecule has 1 fully saturated rings. The molecular weight excluding hydrogens is 254 g/mol. The lowest BCUT2D eigenvalue weighted by atomic mass is 10.0. The smallest absolute Gasteiger partial charge is 0.307 e. The summed E-state index contributed by atoms with van der Waals surface area (Å²) in [7, 11) is -2.91. The highest BCUT2D eigenvalue weighted by atomic mass is 32.2. The lowest BCUT2D eigenvalue weighted by molar-refractivity contribution is -0.154. The minimum Gasteiger partial charge on any atom is -0.460 e. The molecule has 1 rings (SSSR count). The molecule has 0 radical (unpaired) electrons. The monoisotopic (exact) mass is 277 g/mol. The number of carbonyl (C=O) groups excluding carboxylic acids is 1. The average Bonchev–Trinajstić information content (AvgIpc) is 2.37. The maximum atomic E-state index is 11.5. The van der Waals surface area contributed by atoms with Crippen molar-refractivity contribution in [3.63, 3.8) is 0 Å². The van der Waals surface area contributed by atoms with Crippen LogP contribution in [0.5, 0.6) is 0 Å². The van der Waals surface area contributed by atoms with Gasteiger partial charge in [-0.1, -0.05) is 0 Å². The fourth-order valence-electron chi connectivity index (χ4n) is 2.01. The number of ether oxygens (including phenoxy) is 1. The van der Waals surface area contributed by atoms with Crippen LogP contribution in [0.2, 0.25) is 0 Å². The molecule has 0 spiro atoms. The van der Waals surface area contributed by atoms with Crippen LogP contribution in [0, 0.1) is 0 Å². The Bertz CT molecular complexity index is 410. The molecule has 1 saturated heterocycles. The van der Waals surface area contributed by atoms with Crippen LogP contribution >= 0.6 is 0 Å². The third-order valence-electron chi connectivity index (χ3n) is 2.80. The van der Waals surface area contributed by atoms with Gasteiger partial charge < -0.3 is 10.1 Å². The molecule has 0 aromatic heterocycles. The van der Waals surface area contributed by atoms with Gasteiger partial charge in [-0.3, -0.25) is 4.79 Å². The maximum Gasteiger partial charge on any atom is 0.307 e. The van der Waals surface area contributed by atoms with E-state index in [4.69, 9.17) is 4.74 Å². The van der Waals surface area contributed by atoms with Gasteiger partial charge in [0.1, 0.15) is 5.60 Å². The van der Waals surface area contributed by atoms with E-state index < -0.39 is 21.0 Å². The van der Waals surface area contributed by atoms with Crippen LogP contribution in [0.15, 0.2) is 0 Å². The molecule has 106 valence electrons. The highest BCUT2D eigenvalue weighted by Gasteiger charge is 2.37. The standard InChI is InChI=1S/C12H23NO4S/c1-11(2,3)17-10(14)5-7-13-12(4)6-8-18(15,16)9-12/h13H,5-9H2,1-4H3. The van der Waals surface area contributed by atoms with E-state index in [9.17, 15) is 13.2 Å². The summed E-state index contributed by atoms with van der Waals surface area (Å²) in [6, 6.07) is 0. The Morgan fingerprint density at radius 1 is 1.39 bits per heavy atom. The first kappa shape index (κ1) is 15.4. The van der Waals surface area contributed by atoms with Crippen molar-refractivity contribution >= 4 is 15.8 Å². The molecule has 5 nitrogen and oxygen atoms in total. The molecule has 0 aliphatic carbocycles. The molecule has 0 amide bonds. The number of hydrogen-bond acceptors (Lipinski definition) is 5. The second-order valence-electron chi connectivity index (χ2n) is 6.17. The largest absolute Gasteiger partial charge is 0.460 e. The van der Waals surface area contributed by atoms with Gasteiger partial charge in [0.25, 0.3) is 0 Å². The van der Waals surface area contributed by atoms with Crippen molar-refractivity contribution in [3.8, 4) is 0 Å². The van der Waals surface area contributed by atoms with Crippen LogP contribution in [0.4, 0.5) is 0 Å². The first-order valence-electron chi connectivity index (χ1n) is 6.19. The summed E-state index contributed by atoms with van der Waals surface area (Å²) in [5.41, 5.74) is -0.876. The molecule has 1 aliphatic heterocycles. The summed E-state index contributed by atoms with van der Waals surface area (Å²) in [5, 5.41) is 3.15. The van der Waals surface area contributed by atoms with Crippen molar-refractivity contribution in [2.45, 2.75) is 51.7 Å². The third-order valence-corrected chi connectivity index (χ3v) is 4.71. The molecule has 0 aromatic rings. The van der Waals surface area contributed by atoms with Crippen LogP contribution in [0.25, 0.3) is 0 Å². The Balaban J connectivity index is 2.33. The number of hydrogen-bond donors (Lipinski definition) is 1. The number of esters is 1. The van der Waals surface area contributed by atoms with E-state index in [2.05, 4.69) is 5.32 Å². The van der Waals surface area contributed by atoms with Crippen molar-refractivity contribution in [1.82, 2.24) is 5.32 Å². The fourth-order valence-corrected chi connectivity index (χ4v) is 4.13. The predicted octanol–water partition coefficient (Wildman–Crippen LogP) is 0.885. The highest BCUT2D eigenvalue weighted by molar-refractivity contribution is 7.91. The third kappa shape index (κ3) is 5.35. The Hall–Kier alpha value is -0.620. The first-order chi connectivity index (χ1) is 8.02. The summed E-state index contributed by atoms with van der Waals surface area (Å²) in [4.78, 5) is 11.5. The summed E-state index contributed by atoms with van der Waals surface area (Å²) in [5.74, 6) is 0.108. The second kappa shape index (κ2) is 5.17. The van der Waals surface area contributed by atoms with Gasteiger partial charge in [0.2, 0.25) is 0 Å². The predicted molar refractivity (Wildman–Crippen MR) is 70.1 cm³/mol. The lowest BCUT2D eigenvalue weighted by Gasteiger charge is -2.24. The SMILES string of the molecule is CC1(NCCC(=O)OC(C)(C)C)CCS(=O)(=O)C1.